The molecule has 118 valence electrons. The lowest BCUT2D eigenvalue weighted by Crippen LogP contribution is -2.43. The van der Waals surface area contributed by atoms with Crippen molar-refractivity contribution in [1.29, 1.82) is 0 Å². The minimum atomic E-state index is 0.773. The molecule has 1 aliphatic rings. The zero-order valence-corrected chi connectivity index (χ0v) is 13.5. The number of hydrogen-bond donors (Lipinski definition) is 1. The van der Waals surface area contributed by atoms with Gasteiger partial charge in [-0.25, -0.2) is 4.98 Å². The van der Waals surface area contributed by atoms with E-state index < -0.39 is 0 Å². The van der Waals surface area contributed by atoms with Crippen LogP contribution in [0.5, 0.6) is 0 Å². The summed E-state index contributed by atoms with van der Waals surface area (Å²) in [5.74, 6) is 1.87. The van der Waals surface area contributed by atoms with Crippen LogP contribution in [0, 0.1) is 5.92 Å². The SMILES string of the molecule is CC(C)CCCOCCc1ccc(N2CCNCC2)nc1. The Morgan fingerprint density at radius 3 is 2.71 bits per heavy atom. The van der Waals surface area contributed by atoms with Crippen molar-refractivity contribution in [1.82, 2.24) is 10.3 Å². The Hall–Kier alpha value is -1.13. The molecule has 0 atom stereocenters. The zero-order chi connectivity index (χ0) is 14.9. The van der Waals surface area contributed by atoms with E-state index in [0.717, 1.165) is 64.0 Å². The summed E-state index contributed by atoms with van der Waals surface area (Å²) < 4.78 is 5.69. The predicted octanol–water partition coefficient (Wildman–Crippen LogP) is 2.49. The van der Waals surface area contributed by atoms with E-state index in [1.807, 2.05) is 6.20 Å². The third-order valence-corrected chi connectivity index (χ3v) is 3.86. The summed E-state index contributed by atoms with van der Waals surface area (Å²) in [5.41, 5.74) is 1.26. The highest BCUT2D eigenvalue weighted by atomic mass is 16.5. The number of aromatic nitrogens is 1. The van der Waals surface area contributed by atoms with Gasteiger partial charge in [-0.2, -0.15) is 0 Å². The van der Waals surface area contributed by atoms with Gasteiger partial charge in [-0.05, 0) is 36.8 Å². The molecule has 0 unspecified atom stereocenters. The van der Waals surface area contributed by atoms with Crippen molar-refractivity contribution in [2.75, 3.05) is 44.3 Å². The molecule has 1 fully saturated rings. The molecule has 0 radical (unpaired) electrons. The molecule has 0 bridgehead atoms. The second-order valence-corrected chi connectivity index (χ2v) is 6.16. The summed E-state index contributed by atoms with van der Waals surface area (Å²) in [6.45, 7) is 10.4. The van der Waals surface area contributed by atoms with Crippen LogP contribution < -0.4 is 10.2 Å². The van der Waals surface area contributed by atoms with Crippen LogP contribution in [0.15, 0.2) is 18.3 Å². The van der Waals surface area contributed by atoms with E-state index in [9.17, 15) is 0 Å². The number of nitrogens with one attached hydrogen (secondary N) is 1. The maximum absolute atomic E-state index is 5.69. The summed E-state index contributed by atoms with van der Waals surface area (Å²) in [4.78, 5) is 6.92. The maximum Gasteiger partial charge on any atom is 0.128 e. The molecule has 1 saturated heterocycles. The molecule has 1 N–H and O–H groups in total. The average Bonchev–Trinajstić information content (AvgIpc) is 2.52. The highest BCUT2D eigenvalue weighted by molar-refractivity contribution is 5.39. The van der Waals surface area contributed by atoms with Crippen molar-refractivity contribution < 1.29 is 4.74 Å². The van der Waals surface area contributed by atoms with Crippen LogP contribution in [0.25, 0.3) is 0 Å². The van der Waals surface area contributed by atoms with E-state index in [0.29, 0.717) is 0 Å². The van der Waals surface area contributed by atoms with E-state index in [4.69, 9.17) is 4.74 Å². The molecule has 0 spiro atoms. The van der Waals surface area contributed by atoms with Crippen LogP contribution >= 0.6 is 0 Å². The zero-order valence-electron chi connectivity index (χ0n) is 13.5. The van der Waals surface area contributed by atoms with E-state index in [-0.39, 0.29) is 0 Å². The second kappa shape index (κ2) is 9.00. The standard InChI is InChI=1S/C17H29N3O/c1-15(2)4-3-12-21-13-7-16-5-6-17(19-14-16)20-10-8-18-9-11-20/h5-6,14-15,18H,3-4,7-13H2,1-2H3. The van der Waals surface area contributed by atoms with E-state index in [1.54, 1.807) is 0 Å². The average molecular weight is 291 g/mol. The highest BCUT2D eigenvalue weighted by Gasteiger charge is 2.10. The number of ether oxygens (including phenoxy) is 1. The van der Waals surface area contributed by atoms with Crippen molar-refractivity contribution in [3.8, 4) is 0 Å². The Balaban J connectivity index is 1.65. The first-order chi connectivity index (χ1) is 10.3. The van der Waals surface area contributed by atoms with Gasteiger partial charge < -0.3 is 15.0 Å². The molecule has 4 nitrogen and oxygen atoms in total. The normalized spacial score (nSPS) is 15.7. The topological polar surface area (TPSA) is 37.4 Å². The monoisotopic (exact) mass is 291 g/mol. The first-order valence-corrected chi connectivity index (χ1v) is 8.24. The van der Waals surface area contributed by atoms with Crippen LogP contribution in [0.2, 0.25) is 0 Å². The Bertz CT molecular complexity index is 386. The van der Waals surface area contributed by atoms with Crippen molar-refractivity contribution in [3.05, 3.63) is 23.9 Å². The molecule has 21 heavy (non-hydrogen) atoms. The van der Waals surface area contributed by atoms with E-state index in [2.05, 4.69) is 41.2 Å². The minimum Gasteiger partial charge on any atom is -0.381 e. The number of anilines is 1. The lowest BCUT2D eigenvalue weighted by atomic mass is 10.1. The second-order valence-electron chi connectivity index (χ2n) is 6.16. The first kappa shape index (κ1) is 16.2. The quantitative estimate of drug-likeness (QED) is 0.747. The molecule has 0 saturated carbocycles. The summed E-state index contributed by atoms with van der Waals surface area (Å²) in [6.07, 6.45) is 5.37. The smallest absolute Gasteiger partial charge is 0.128 e. The molecule has 2 heterocycles. The van der Waals surface area contributed by atoms with Crippen LogP contribution in [-0.2, 0) is 11.2 Å². The molecular weight excluding hydrogens is 262 g/mol. The molecule has 4 heteroatoms. The Morgan fingerprint density at radius 2 is 2.05 bits per heavy atom. The lowest BCUT2D eigenvalue weighted by molar-refractivity contribution is 0.130. The number of nitrogens with zero attached hydrogens (tertiary/aromatic N) is 2. The number of rotatable bonds is 8. The van der Waals surface area contributed by atoms with Crippen LogP contribution in [0.4, 0.5) is 5.82 Å². The Morgan fingerprint density at radius 1 is 1.24 bits per heavy atom. The largest absolute Gasteiger partial charge is 0.381 e. The Kier molecular flexibility index (Phi) is 6.96. The van der Waals surface area contributed by atoms with Crippen molar-refractivity contribution in [2.24, 2.45) is 5.92 Å². The van der Waals surface area contributed by atoms with Gasteiger partial charge in [-0.15, -0.1) is 0 Å². The van der Waals surface area contributed by atoms with Crippen molar-refractivity contribution in [2.45, 2.75) is 33.1 Å². The van der Waals surface area contributed by atoms with E-state index in [1.165, 1.54) is 12.0 Å². The van der Waals surface area contributed by atoms with Crippen molar-refractivity contribution in [3.63, 3.8) is 0 Å². The maximum atomic E-state index is 5.69. The van der Waals surface area contributed by atoms with Gasteiger partial charge in [0.2, 0.25) is 0 Å². The lowest BCUT2D eigenvalue weighted by Gasteiger charge is -2.28. The van der Waals surface area contributed by atoms with Gasteiger partial charge in [0, 0.05) is 39.0 Å². The fourth-order valence-electron chi connectivity index (χ4n) is 2.53. The van der Waals surface area contributed by atoms with Gasteiger partial charge in [0.15, 0.2) is 0 Å². The molecule has 2 rings (SSSR count). The summed E-state index contributed by atoms with van der Waals surface area (Å²) in [6, 6.07) is 4.32. The fraction of sp³-hybridized carbons (Fsp3) is 0.706. The third-order valence-electron chi connectivity index (χ3n) is 3.86. The van der Waals surface area contributed by atoms with Crippen molar-refractivity contribution >= 4 is 5.82 Å². The van der Waals surface area contributed by atoms with Gasteiger partial charge in [0.1, 0.15) is 5.82 Å². The molecule has 0 aliphatic carbocycles. The molecule has 1 aromatic heterocycles. The summed E-state index contributed by atoms with van der Waals surface area (Å²) >= 11 is 0. The van der Waals surface area contributed by atoms with Crippen LogP contribution in [-0.4, -0.2) is 44.4 Å². The van der Waals surface area contributed by atoms with Crippen LogP contribution in [0.3, 0.4) is 0 Å². The summed E-state index contributed by atoms with van der Waals surface area (Å²) in [5, 5.41) is 3.36. The summed E-state index contributed by atoms with van der Waals surface area (Å²) in [7, 11) is 0. The molecule has 1 aliphatic heterocycles. The van der Waals surface area contributed by atoms with Gasteiger partial charge in [0.25, 0.3) is 0 Å². The molecule has 0 aromatic carbocycles. The fourth-order valence-corrected chi connectivity index (χ4v) is 2.53. The molecule has 1 aromatic rings. The van der Waals surface area contributed by atoms with E-state index >= 15 is 0 Å². The Labute approximate surface area is 128 Å². The molecular formula is C17H29N3O. The number of piperazine rings is 1. The van der Waals surface area contributed by atoms with Gasteiger partial charge in [0.05, 0.1) is 6.61 Å². The van der Waals surface area contributed by atoms with Gasteiger partial charge >= 0.3 is 0 Å². The third kappa shape index (κ3) is 6.02. The highest BCUT2D eigenvalue weighted by Crippen LogP contribution is 2.12. The van der Waals surface area contributed by atoms with Gasteiger partial charge in [-0.3, -0.25) is 0 Å². The number of hydrogen-bond acceptors (Lipinski definition) is 4. The van der Waals surface area contributed by atoms with Crippen LogP contribution in [0.1, 0.15) is 32.3 Å². The minimum absolute atomic E-state index is 0.773. The molecule has 0 amide bonds. The van der Waals surface area contributed by atoms with Gasteiger partial charge in [-0.1, -0.05) is 19.9 Å². The predicted molar refractivity (Wildman–Crippen MR) is 87.9 cm³/mol. The number of pyridine rings is 1. The first-order valence-electron chi connectivity index (χ1n) is 8.24.